The smallest absolute Gasteiger partial charge is 0.152 e. The van der Waals surface area contributed by atoms with Gasteiger partial charge in [-0.3, -0.25) is 4.79 Å². The Morgan fingerprint density at radius 1 is 1.50 bits per heavy atom. The van der Waals surface area contributed by atoms with E-state index >= 15 is 0 Å². The second kappa shape index (κ2) is 4.41. The number of carbonyl (C=O) groups excluding carboxylic acids is 1. The van der Waals surface area contributed by atoms with Crippen molar-refractivity contribution in [2.75, 3.05) is 7.11 Å². The average Bonchev–Trinajstić information content (AvgIpc) is 2.02. The Labute approximate surface area is 74.6 Å². The summed E-state index contributed by atoms with van der Waals surface area (Å²) in [5.41, 5.74) is 0.700. The van der Waals surface area contributed by atoms with Gasteiger partial charge in [0.05, 0.1) is 5.60 Å². The standard InChI is InChI=1S/C10H18O2/c1-6-10(4,12-5)8(2)7-9(3)11/h7H,6H2,1-5H3/b8-7+. The lowest BCUT2D eigenvalue weighted by atomic mass is 9.93. The number of carbonyl (C=O) groups is 1. The van der Waals surface area contributed by atoms with E-state index in [2.05, 4.69) is 0 Å². The third-order valence-corrected chi connectivity index (χ3v) is 2.38. The fraction of sp³-hybridized carbons (Fsp3) is 0.700. The van der Waals surface area contributed by atoms with Crippen molar-refractivity contribution in [2.24, 2.45) is 0 Å². The predicted molar refractivity (Wildman–Crippen MR) is 50.1 cm³/mol. The lowest BCUT2D eigenvalue weighted by Crippen LogP contribution is -2.28. The molecule has 0 bridgehead atoms. The fourth-order valence-electron chi connectivity index (χ4n) is 1.04. The Hall–Kier alpha value is -0.630. The van der Waals surface area contributed by atoms with E-state index in [-0.39, 0.29) is 11.4 Å². The molecule has 0 fully saturated rings. The highest BCUT2D eigenvalue weighted by Gasteiger charge is 2.23. The van der Waals surface area contributed by atoms with Crippen molar-refractivity contribution < 1.29 is 9.53 Å². The summed E-state index contributed by atoms with van der Waals surface area (Å²) in [6.07, 6.45) is 2.51. The molecule has 0 aliphatic heterocycles. The molecule has 2 heteroatoms. The van der Waals surface area contributed by atoms with Crippen LogP contribution in [0.1, 0.15) is 34.1 Å². The van der Waals surface area contributed by atoms with Gasteiger partial charge in [-0.05, 0) is 38.8 Å². The number of allylic oxidation sites excluding steroid dienone is 1. The molecule has 1 atom stereocenters. The number of ether oxygens (including phenoxy) is 1. The maximum atomic E-state index is 10.8. The van der Waals surface area contributed by atoms with Crippen molar-refractivity contribution in [3.8, 4) is 0 Å². The van der Waals surface area contributed by atoms with Crippen LogP contribution in [0.5, 0.6) is 0 Å². The van der Waals surface area contributed by atoms with Gasteiger partial charge >= 0.3 is 0 Å². The van der Waals surface area contributed by atoms with Gasteiger partial charge in [0, 0.05) is 7.11 Å². The van der Waals surface area contributed by atoms with Gasteiger partial charge in [0.1, 0.15) is 0 Å². The Morgan fingerprint density at radius 2 is 2.00 bits per heavy atom. The topological polar surface area (TPSA) is 26.3 Å². The molecule has 0 rings (SSSR count). The number of ketones is 1. The van der Waals surface area contributed by atoms with Crippen LogP contribution < -0.4 is 0 Å². The van der Waals surface area contributed by atoms with Gasteiger partial charge in [-0.15, -0.1) is 0 Å². The van der Waals surface area contributed by atoms with Crippen LogP contribution in [0, 0.1) is 0 Å². The first-order chi connectivity index (χ1) is 5.46. The van der Waals surface area contributed by atoms with Crippen molar-refractivity contribution >= 4 is 5.78 Å². The van der Waals surface area contributed by atoms with Crippen molar-refractivity contribution in [1.82, 2.24) is 0 Å². The minimum Gasteiger partial charge on any atom is -0.374 e. The first-order valence-corrected chi connectivity index (χ1v) is 4.20. The molecule has 0 aliphatic carbocycles. The summed E-state index contributed by atoms with van der Waals surface area (Å²) < 4.78 is 5.33. The van der Waals surface area contributed by atoms with Gasteiger partial charge in [0.2, 0.25) is 0 Å². The lowest BCUT2D eigenvalue weighted by molar-refractivity contribution is -0.112. The van der Waals surface area contributed by atoms with Crippen LogP contribution in [0.25, 0.3) is 0 Å². The Kier molecular flexibility index (Phi) is 4.18. The molecule has 0 saturated heterocycles. The zero-order chi connectivity index (χ0) is 9.78. The summed E-state index contributed by atoms with van der Waals surface area (Å²) in [5, 5.41) is 0. The van der Waals surface area contributed by atoms with Crippen LogP contribution in [0.2, 0.25) is 0 Å². The number of methoxy groups -OCH3 is 1. The molecule has 0 saturated carbocycles. The van der Waals surface area contributed by atoms with E-state index in [1.807, 2.05) is 20.8 Å². The van der Waals surface area contributed by atoms with Crippen LogP contribution in [0.3, 0.4) is 0 Å². The van der Waals surface area contributed by atoms with E-state index in [1.54, 1.807) is 20.1 Å². The van der Waals surface area contributed by atoms with Gasteiger partial charge < -0.3 is 4.74 Å². The molecule has 0 heterocycles. The highest BCUT2D eigenvalue weighted by Crippen LogP contribution is 2.23. The number of hydrogen-bond acceptors (Lipinski definition) is 2. The Balaban J connectivity index is 4.63. The summed E-state index contributed by atoms with van der Waals surface area (Å²) in [5.74, 6) is 0.0734. The van der Waals surface area contributed by atoms with Gasteiger partial charge in [-0.2, -0.15) is 0 Å². The maximum absolute atomic E-state index is 10.8. The molecule has 1 unspecified atom stereocenters. The van der Waals surface area contributed by atoms with Crippen LogP contribution in [-0.2, 0) is 9.53 Å². The molecule has 0 N–H and O–H groups in total. The SMILES string of the molecule is CCC(C)(OC)/C(C)=C/C(C)=O. The van der Waals surface area contributed by atoms with E-state index in [0.717, 1.165) is 12.0 Å². The van der Waals surface area contributed by atoms with E-state index in [9.17, 15) is 4.79 Å². The normalized spacial score (nSPS) is 17.2. The third kappa shape index (κ3) is 2.78. The lowest BCUT2D eigenvalue weighted by Gasteiger charge is -2.27. The van der Waals surface area contributed by atoms with Crippen molar-refractivity contribution in [3.63, 3.8) is 0 Å². The number of rotatable bonds is 4. The zero-order valence-electron chi connectivity index (χ0n) is 8.60. The van der Waals surface area contributed by atoms with Crippen LogP contribution in [0.15, 0.2) is 11.6 Å². The molecular formula is C10H18O2. The monoisotopic (exact) mass is 170 g/mol. The maximum Gasteiger partial charge on any atom is 0.152 e. The van der Waals surface area contributed by atoms with Gasteiger partial charge in [0.15, 0.2) is 5.78 Å². The molecule has 0 radical (unpaired) electrons. The van der Waals surface area contributed by atoms with Crippen LogP contribution >= 0.6 is 0 Å². The molecule has 0 amide bonds. The van der Waals surface area contributed by atoms with Crippen LogP contribution in [-0.4, -0.2) is 18.5 Å². The van der Waals surface area contributed by atoms with Crippen molar-refractivity contribution in [1.29, 1.82) is 0 Å². The minimum absolute atomic E-state index is 0.0734. The summed E-state index contributed by atoms with van der Waals surface area (Å²) >= 11 is 0. The van der Waals surface area contributed by atoms with Gasteiger partial charge in [-0.1, -0.05) is 6.92 Å². The average molecular weight is 170 g/mol. The summed E-state index contributed by atoms with van der Waals surface area (Å²) in [7, 11) is 1.67. The minimum atomic E-state index is -0.286. The molecule has 0 aromatic rings. The van der Waals surface area contributed by atoms with Gasteiger partial charge in [-0.25, -0.2) is 0 Å². The first kappa shape index (κ1) is 11.4. The van der Waals surface area contributed by atoms with E-state index in [1.165, 1.54) is 0 Å². The second-order valence-corrected chi connectivity index (χ2v) is 3.23. The molecule has 2 nitrogen and oxygen atoms in total. The van der Waals surface area contributed by atoms with Gasteiger partial charge in [0.25, 0.3) is 0 Å². The van der Waals surface area contributed by atoms with Crippen molar-refractivity contribution in [2.45, 2.75) is 39.7 Å². The molecule has 0 aliphatic rings. The summed E-state index contributed by atoms with van der Waals surface area (Å²) in [4.78, 5) is 10.8. The molecule has 0 aromatic heterocycles. The highest BCUT2D eigenvalue weighted by molar-refractivity contribution is 5.88. The Morgan fingerprint density at radius 3 is 2.25 bits per heavy atom. The van der Waals surface area contributed by atoms with Crippen LogP contribution in [0.4, 0.5) is 0 Å². The highest BCUT2D eigenvalue weighted by atomic mass is 16.5. The quantitative estimate of drug-likeness (QED) is 0.605. The van der Waals surface area contributed by atoms with E-state index in [4.69, 9.17) is 4.74 Å². The molecule has 0 spiro atoms. The van der Waals surface area contributed by atoms with Crippen molar-refractivity contribution in [3.05, 3.63) is 11.6 Å². The fourth-order valence-corrected chi connectivity index (χ4v) is 1.04. The second-order valence-electron chi connectivity index (χ2n) is 3.23. The summed E-state index contributed by atoms with van der Waals surface area (Å²) in [6, 6.07) is 0. The Bertz CT molecular complexity index is 188. The molecule has 12 heavy (non-hydrogen) atoms. The summed E-state index contributed by atoms with van der Waals surface area (Å²) in [6.45, 7) is 7.51. The van der Waals surface area contributed by atoms with E-state index < -0.39 is 0 Å². The largest absolute Gasteiger partial charge is 0.374 e. The predicted octanol–water partition coefficient (Wildman–Crippen LogP) is 2.34. The first-order valence-electron chi connectivity index (χ1n) is 4.20. The zero-order valence-corrected chi connectivity index (χ0v) is 8.60. The molecule has 70 valence electrons. The third-order valence-electron chi connectivity index (χ3n) is 2.38. The molecular weight excluding hydrogens is 152 g/mol. The number of hydrogen-bond donors (Lipinski definition) is 0. The van der Waals surface area contributed by atoms with E-state index in [0.29, 0.717) is 0 Å². The molecule has 0 aromatic carbocycles.